The van der Waals surface area contributed by atoms with Gasteiger partial charge in [0.05, 0.1) is 11.1 Å². The van der Waals surface area contributed by atoms with E-state index in [0.717, 1.165) is 5.56 Å². The first-order valence-electron chi connectivity index (χ1n) is 8.90. The summed E-state index contributed by atoms with van der Waals surface area (Å²) in [4.78, 5) is 43.0. The van der Waals surface area contributed by atoms with Gasteiger partial charge in [0.2, 0.25) is 0 Å². The van der Waals surface area contributed by atoms with Crippen molar-refractivity contribution in [2.45, 2.75) is 6.42 Å². The minimum Gasteiger partial charge on any atom is -0.307 e. The fourth-order valence-electron chi connectivity index (χ4n) is 3.15. The normalized spacial score (nSPS) is 12.8. The number of aromatic nitrogens is 1. The number of fused-ring (bicyclic) bond motifs is 1. The zero-order valence-corrected chi connectivity index (χ0v) is 15.0. The van der Waals surface area contributed by atoms with Crippen molar-refractivity contribution in [1.29, 1.82) is 0 Å². The van der Waals surface area contributed by atoms with E-state index >= 15 is 0 Å². The van der Waals surface area contributed by atoms with E-state index in [1.54, 1.807) is 30.5 Å². The molecule has 6 heteroatoms. The lowest BCUT2D eigenvalue weighted by molar-refractivity contribution is 0.0656. The van der Waals surface area contributed by atoms with E-state index in [1.807, 2.05) is 30.3 Å². The average Bonchev–Trinajstić information content (AvgIpc) is 2.97. The van der Waals surface area contributed by atoms with Gasteiger partial charge in [-0.1, -0.05) is 36.4 Å². The molecule has 4 rings (SSSR count). The number of rotatable bonds is 5. The van der Waals surface area contributed by atoms with Crippen molar-refractivity contribution in [3.05, 3.63) is 95.2 Å². The van der Waals surface area contributed by atoms with Gasteiger partial charge < -0.3 is 5.32 Å². The molecule has 2 aromatic carbocycles. The first-order valence-corrected chi connectivity index (χ1v) is 8.90. The van der Waals surface area contributed by atoms with Gasteiger partial charge in [-0.15, -0.1) is 0 Å². The van der Waals surface area contributed by atoms with Crippen molar-refractivity contribution in [1.82, 2.24) is 9.88 Å². The summed E-state index contributed by atoms with van der Waals surface area (Å²) < 4.78 is 0. The lowest BCUT2D eigenvalue weighted by Crippen LogP contribution is -2.31. The number of nitrogens with zero attached hydrogens (tertiary/aromatic N) is 2. The zero-order chi connectivity index (χ0) is 19.5. The highest BCUT2D eigenvalue weighted by molar-refractivity contribution is 6.22. The molecule has 0 saturated carbocycles. The number of carbonyl (C=O) groups excluding carboxylic acids is 3. The standard InChI is InChI=1S/C22H17N3O3/c26-20(24-19-8-4-5-12-23-19)16-9-10-17-18(14-16)22(28)25(21(17)27)13-11-15-6-2-1-3-7-15/h1-10,12,14H,11,13H2,(H,23,24,26). The molecule has 3 aromatic rings. The van der Waals surface area contributed by atoms with Crippen LogP contribution < -0.4 is 5.32 Å². The minimum absolute atomic E-state index is 0.256. The highest BCUT2D eigenvalue weighted by Crippen LogP contribution is 2.24. The Morgan fingerprint density at radius 1 is 0.893 bits per heavy atom. The Morgan fingerprint density at radius 2 is 1.64 bits per heavy atom. The maximum absolute atomic E-state index is 12.7. The second kappa shape index (κ2) is 7.44. The average molecular weight is 371 g/mol. The highest BCUT2D eigenvalue weighted by Gasteiger charge is 2.35. The molecule has 1 aliphatic rings. The van der Waals surface area contributed by atoms with Gasteiger partial charge in [-0.05, 0) is 42.3 Å². The van der Waals surface area contributed by atoms with Crippen LogP contribution in [0.1, 0.15) is 36.6 Å². The fourth-order valence-corrected chi connectivity index (χ4v) is 3.15. The third-order valence-corrected chi connectivity index (χ3v) is 4.61. The van der Waals surface area contributed by atoms with Crippen molar-refractivity contribution < 1.29 is 14.4 Å². The number of imide groups is 1. The molecular weight excluding hydrogens is 354 g/mol. The number of hydrogen-bond acceptors (Lipinski definition) is 4. The molecule has 0 spiro atoms. The lowest BCUT2D eigenvalue weighted by Gasteiger charge is -2.13. The van der Waals surface area contributed by atoms with Crippen LogP contribution in [0.2, 0.25) is 0 Å². The van der Waals surface area contributed by atoms with Crippen LogP contribution in [0.15, 0.2) is 72.9 Å². The van der Waals surface area contributed by atoms with Gasteiger partial charge in [-0.3, -0.25) is 19.3 Å². The van der Waals surface area contributed by atoms with E-state index in [-0.39, 0.29) is 23.3 Å². The van der Waals surface area contributed by atoms with Gasteiger partial charge in [0.25, 0.3) is 17.7 Å². The summed E-state index contributed by atoms with van der Waals surface area (Å²) in [5.74, 6) is -0.666. The highest BCUT2D eigenvalue weighted by atomic mass is 16.2. The third kappa shape index (κ3) is 3.40. The maximum Gasteiger partial charge on any atom is 0.261 e. The number of anilines is 1. The SMILES string of the molecule is O=C(Nc1ccccn1)c1ccc2c(c1)C(=O)N(CCc1ccccc1)C2=O. The Balaban J connectivity index is 1.51. The second-order valence-corrected chi connectivity index (χ2v) is 6.43. The molecule has 138 valence electrons. The Morgan fingerprint density at radius 3 is 2.39 bits per heavy atom. The van der Waals surface area contributed by atoms with E-state index in [1.165, 1.54) is 17.0 Å². The predicted octanol–water partition coefficient (Wildman–Crippen LogP) is 3.17. The molecule has 0 saturated heterocycles. The zero-order valence-electron chi connectivity index (χ0n) is 15.0. The molecule has 0 unspecified atom stereocenters. The van der Waals surface area contributed by atoms with E-state index < -0.39 is 0 Å². The lowest BCUT2D eigenvalue weighted by atomic mass is 10.1. The molecular formula is C22H17N3O3. The van der Waals surface area contributed by atoms with Gasteiger partial charge in [-0.2, -0.15) is 0 Å². The summed E-state index contributed by atoms with van der Waals surface area (Å²) >= 11 is 0. The van der Waals surface area contributed by atoms with E-state index in [9.17, 15) is 14.4 Å². The maximum atomic E-state index is 12.7. The van der Waals surface area contributed by atoms with Crippen LogP contribution in [0.4, 0.5) is 5.82 Å². The molecule has 0 bridgehead atoms. The third-order valence-electron chi connectivity index (χ3n) is 4.61. The predicted molar refractivity (Wildman–Crippen MR) is 104 cm³/mol. The van der Waals surface area contributed by atoms with Crippen LogP contribution in [0, 0.1) is 0 Å². The van der Waals surface area contributed by atoms with Crippen molar-refractivity contribution in [2.75, 3.05) is 11.9 Å². The number of amides is 3. The van der Waals surface area contributed by atoms with Gasteiger partial charge in [0, 0.05) is 18.3 Å². The number of pyridine rings is 1. The van der Waals surface area contributed by atoms with Gasteiger partial charge in [0.1, 0.15) is 5.82 Å². The molecule has 1 aliphatic heterocycles. The molecule has 3 amide bonds. The van der Waals surface area contributed by atoms with Crippen LogP contribution in [0.3, 0.4) is 0 Å². The van der Waals surface area contributed by atoms with Crippen molar-refractivity contribution in [2.24, 2.45) is 0 Å². The van der Waals surface area contributed by atoms with Crippen LogP contribution in [0.25, 0.3) is 0 Å². The topological polar surface area (TPSA) is 79.4 Å². The number of nitrogens with one attached hydrogen (secondary N) is 1. The molecule has 28 heavy (non-hydrogen) atoms. The molecule has 1 N–H and O–H groups in total. The van der Waals surface area contributed by atoms with Gasteiger partial charge in [-0.25, -0.2) is 4.98 Å². The van der Waals surface area contributed by atoms with Gasteiger partial charge in [0.15, 0.2) is 0 Å². The smallest absolute Gasteiger partial charge is 0.261 e. The van der Waals surface area contributed by atoms with Gasteiger partial charge >= 0.3 is 0 Å². The fraction of sp³-hybridized carbons (Fsp3) is 0.0909. The Hall–Kier alpha value is -3.80. The Bertz CT molecular complexity index is 1050. The molecule has 0 fully saturated rings. The van der Waals surface area contributed by atoms with Crippen LogP contribution in [-0.4, -0.2) is 34.2 Å². The summed E-state index contributed by atoms with van der Waals surface area (Å²) in [6, 6.07) is 19.4. The minimum atomic E-state index is -0.385. The summed E-state index contributed by atoms with van der Waals surface area (Å²) in [5, 5.41) is 2.67. The van der Waals surface area contributed by atoms with E-state index in [2.05, 4.69) is 10.3 Å². The number of hydrogen-bond donors (Lipinski definition) is 1. The summed E-state index contributed by atoms with van der Waals surface area (Å²) in [6.45, 7) is 0.297. The van der Waals surface area contributed by atoms with E-state index in [0.29, 0.717) is 29.9 Å². The monoisotopic (exact) mass is 371 g/mol. The summed E-state index contributed by atoms with van der Waals surface area (Å²) in [5.41, 5.74) is 1.93. The van der Waals surface area contributed by atoms with E-state index in [4.69, 9.17) is 0 Å². The van der Waals surface area contributed by atoms with Crippen LogP contribution >= 0.6 is 0 Å². The summed E-state index contributed by atoms with van der Waals surface area (Å²) in [7, 11) is 0. The van der Waals surface area contributed by atoms with Crippen molar-refractivity contribution in [3.63, 3.8) is 0 Å². The number of benzene rings is 2. The molecule has 1 aromatic heterocycles. The Labute approximate surface area is 161 Å². The van der Waals surface area contributed by atoms with Crippen molar-refractivity contribution >= 4 is 23.5 Å². The van der Waals surface area contributed by atoms with Crippen LogP contribution in [-0.2, 0) is 6.42 Å². The quantitative estimate of drug-likeness (QED) is 0.699. The largest absolute Gasteiger partial charge is 0.307 e. The molecule has 0 radical (unpaired) electrons. The second-order valence-electron chi connectivity index (χ2n) is 6.43. The number of carbonyl (C=O) groups is 3. The Kier molecular flexibility index (Phi) is 4.68. The molecule has 0 atom stereocenters. The first-order chi connectivity index (χ1) is 13.6. The molecule has 2 heterocycles. The van der Waals surface area contributed by atoms with Crippen molar-refractivity contribution in [3.8, 4) is 0 Å². The van der Waals surface area contributed by atoms with Crippen LogP contribution in [0.5, 0.6) is 0 Å². The molecule has 6 nitrogen and oxygen atoms in total. The summed E-state index contributed by atoms with van der Waals surface area (Å²) in [6.07, 6.45) is 2.16. The molecule has 0 aliphatic carbocycles. The first kappa shape index (κ1) is 17.6.